The van der Waals surface area contributed by atoms with E-state index < -0.39 is 26.5 Å². The maximum atomic E-state index is 12.8. The largest absolute Gasteiger partial charge is 0.480 e. The molecule has 0 unspecified atom stereocenters. The summed E-state index contributed by atoms with van der Waals surface area (Å²) in [6, 6.07) is 6.31. The lowest BCUT2D eigenvalue weighted by molar-refractivity contribution is -0.144. The Kier molecular flexibility index (Phi) is 3.50. The maximum Gasteiger partial charge on any atom is 0.326 e. The molecule has 2 rings (SSSR count). The van der Waals surface area contributed by atoms with Gasteiger partial charge in [0.1, 0.15) is 0 Å². The number of allylic oxidation sites excluding steroid dienone is 1. The van der Waals surface area contributed by atoms with Gasteiger partial charge in [0.05, 0.1) is 4.90 Å². The number of hydrogen-bond donors (Lipinski definition) is 1. The molecule has 5 heteroatoms. The third kappa shape index (κ3) is 1.88. The number of rotatable bonds is 4. The van der Waals surface area contributed by atoms with E-state index in [2.05, 4.69) is 6.58 Å². The van der Waals surface area contributed by atoms with Crippen molar-refractivity contribution in [3.05, 3.63) is 42.0 Å². The summed E-state index contributed by atoms with van der Waals surface area (Å²) >= 11 is 0. The molecule has 0 bridgehead atoms. The van der Waals surface area contributed by atoms with Gasteiger partial charge in [-0.05, 0) is 38.8 Å². The molecule has 1 aliphatic rings. The minimum atomic E-state index is -3.93. The van der Waals surface area contributed by atoms with Gasteiger partial charge < -0.3 is 5.11 Å². The Morgan fingerprint density at radius 3 is 2.25 bits per heavy atom. The van der Waals surface area contributed by atoms with Crippen LogP contribution in [-0.2, 0) is 14.6 Å². The first-order chi connectivity index (χ1) is 9.23. The predicted octanol–water partition coefficient (Wildman–Crippen LogP) is 2.58. The van der Waals surface area contributed by atoms with Gasteiger partial charge in [-0.15, -0.1) is 0 Å². The van der Waals surface area contributed by atoms with Crippen LogP contribution >= 0.6 is 0 Å². The number of aryl methyl sites for hydroxylation is 1. The van der Waals surface area contributed by atoms with Crippen molar-refractivity contribution in [3.63, 3.8) is 0 Å². The van der Waals surface area contributed by atoms with Crippen LogP contribution in [-0.4, -0.2) is 24.2 Å². The molecular formula is C15H18O4S. The first-order valence-corrected chi connectivity index (χ1v) is 7.92. The molecule has 4 nitrogen and oxygen atoms in total. The lowest BCUT2D eigenvalue weighted by atomic mass is 9.69. The van der Waals surface area contributed by atoms with Crippen LogP contribution in [0.2, 0.25) is 0 Å². The van der Waals surface area contributed by atoms with Crippen molar-refractivity contribution in [3.8, 4) is 0 Å². The van der Waals surface area contributed by atoms with E-state index in [0.717, 1.165) is 5.56 Å². The molecule has 0 saturated heterocycles. The third-order valence-corrected chi connectivity index (χ3v) is 6.65. The molecule has 1 N–H and O–H groups in total. The predicted molar refractivity (Wildman–Crippen MR) is 76.3 cm³/mol. The molecule has 0 heterocycles. The summed E-state index contributed by atoms with van der Waals surface area (Å²) in [5.74, 6) is -1.80. The highest BCUT2D eigenvalue weighted by molar-refractivity contribution is 7.93. The Morgan fingerprint density at radius 2 is 1.90 bits per heavy atom. The fourth-order valence-corrected chi connectivity index (χ4v) is 5.04. The Morgan fingerprint density at radius 1 is 1.35 bits per heavy atom. The molecular weight excluding hydrogens is 276 g/mol. The first-order valence-electron chi connectivity index (χ1n) is 6.43. The van der Waals surface area contributed by atoms with Crippen LogP contribution in [0.3, 0.4) is 0 Å². The van der Waals surface area contributed by atoms with Gasteiger partial charge in [0.25, 0.3) is 0 Å². The number of sulfone groups is 1. The SMILES string of the molecule is C=C(C)[C@@H]1CC[C@@]1(C(=O)O)S(=O)(=O)c1ccc(C)cc1. The van der Waals surface area contributed by atoms with Gasteiger partial charge in [-0.1, -0.05) is 29.8 Å². The van der Waals surface area contributed by atoms with Crippen molar-refractivity contribution in [2.45, 2.75) is 36.3 Å². The number of carboxylic acid groups (broad SMARTS) is 1. The number of carbonyl (C=O) groups is 1. The maximum absolute atomic E-state index is 12.8. The van der Waals surface area contributed by atoms with Gasteiger partial charge in [-0.2, -0.15) is 0 Å². The van der Waals surface area contributed by atoms with Crippen LogP contribution in [0, 0.1) is 12.8 Å². The number of carboxylic acids is 1. The minimum Gasteiger partial charge on any atom is -0.480 e. The van der Waals surface area contributed by atoms with Crippen molar-refractivity contribution in [2.24, 2.45) is 5.92 Å². The van der Waals surface area contributed by atoms with Gasteiger partial charge in [-0.25, -0.2) is 8.42 Å². The number of aliphatic carboxylic acids is 1. The zero-order valence-electron chi connectivity index (χ0n) is 11.6. The van der Waals surface area contributed by atoms with Crippen molar-refractivity contribution in [1.29, 1.82) is 0 Å². The molecule has 0 spiro atoms. The van der Waals surface area contributed by atoms with Crippen molar-refractivity contribution < 1.29 is 18.3 Å². The van der Waals surface area contributed by atoms with E-state index in [1.54, 1.807) is 19.1 Å². The van der Waals surface area contributed by atoms with Crippen molar-refractivity contribution >= 4 is 15.8 Å². The van der Waals surface area contributed by atoms with E-state index in [1.165, 1.54) is 12.1 Å². The van der Waals surface area contributed by atoms with Gasteiger partial charge in [-0.3, -0.25) is 4.79 Å². The molecule has 2 atom stereocenters. The zero-order chi connectivity index (χ0) is 15.1. The fourth-order valence-electron chi connectivity index (χ4n) is 2.82. The van der Waals surface area contributed by atoms with Crippen LogP contribution in [0.25, 0.3) is 0 Å². The van der Waals surface area contributed by atoms with E-state index in [4.69, 9.17) is 0 Å². The van der Waals surface area contributed by atoms with E-state index in [9.17, 15) is 18.3 Å². The molecule has 1 aromatic rings. The molecule has 1 aliphatic carbocycles. The highest BCUT2D eigenvalue weighted by atomic mass is 32.2. The summed E-state index contributed by atoms with van der Waals surface area (Å²) in [4.78, 5) is 11.8. The molecule has 0 aliphatic heterocycles. The number of benzene rings is 1. The average Bonchev–Trinajstić information content (AvgIpc) is 2.26. The summed E-state index contributed by atoms with van der Waals surface area (Å²) in [5.41, 5.74) is 1.53. The molecule has 0 amide bonds. The van der Waals surface area contributed by atoms with Crippen molar-refractivity contribution in [2.75, 3.05) is 0 Å². The van der Waals surface area contributed by atoms with E-state index in [1.807, 2.05) is 6.92 Å². The Bertz CT molecular complexity index is 658. The summed E-state index contributed by atoms with van der Waals surface area (Å²) < 4.78 is 23.8. The van der Waals surface area contributed by atoms with Crippen LogP contribution in [0.15, 0.2) is 41.3 Å². The van der Waals surface area contributed by atoms with Crippen LogP contribution in [0.1, 0.15) is 25.3 Å². The van der Waals surface area contributed by atoms with Crippen LogP contribution in [0.4, 0.5) is 0 Å². The lowest BCUT2D eigenvalue weighted by Gasteiger charge is -2.45. The molecule has 1 fully saturated rings. The quantitative estimate of drug-likeness (QED) is 0.866. The second-order valence-electron chi connectivity index (χ2n) is 5.45. The van der Waals surface area contributed by atoms with Gasteiger partial charge in [0.15, 0.2) is 14.6 Å². The topological polar surface area (TPSA) is 71.4 Å². The minimum absolute atomic E-state index is 0.0662. The van der Waals surface area contributed by atoms with E-state index in [0.29, 0.717) is 12.0 Å². The summed E-state index contributed by atoms with van der Waals surface area (Å²) in [5, 5.41) is 9.53. The Balaban J connectivity index is 2.58. The normalized spacial score (nSPS) is 25.8. The second kappa shape index (κ2) is 4.74. The molecule has 1 saturated carbocycles. The monoisotopic (exact) mass is 294 g/mol. The number of hydrogen-bond acceptors (Lipinski definition) is 3. The Hall–Kier alpha value is -1.62. The molecule has 0 aromatic heterocycles. The highest BCUT2D eigenvalue weighted by Crippen LogP contribution is 2.50. The standard InChI is InChI=1S/C15H18O4S/c1-10(2)13-8-9-15(13,14(16)17)20(18,19)12-6-4-11(3)5-7-12/h4-7,13H,1,8-9H2,2-3H3,(H,16,17)/t13-,15+/m0/s1. The van der Waals surface area contributed by atoms with Gasteiger partial charge in [0, 0.05) is 5.92 Å². The molecule has 20 heavy (non-hydrogen) atoms. The molecule has 1 aromatic carbocycles. The van der Waals surface area contributed by atoms with Crippen LogP contribution < -0.4 is 0 Å². The average molecular weight is 294 g/mol. The zero-order valence-corrected chi connectivity index (χ0v) is 12.4. The van der Waals surface area contributed by atoms with Gasteiger partial charge in [0.2, 0.25) is 0 Å². The lowest BCUT2D eigenvalue weighted by Crippen LogP contribution is -2.59. The third-order valence-electron chi connectivity index (χ3n) is 4.13. The van der Waals surface area contributed by atoms with E-state index in [-0.39, 0.29) is 11.3 Å². The van der Waals surface area contributed by atoms with Crippen LogP contribution in [0.5, 0.6) is 0 Å². The summed E-state index contributed by atoms with van der Waals surface area (Å²) in [7, 11) is -3.93. The molecule has 108 valence electrons. The smallest absolute Gasteiger partial charge is 0.326 e. The Labute approximate surface area is 119 Å². The summed E-state index contributed by atoms with van der Waals surface area (Å²) in [6.45, 7) is 7.29. The van der Waals surface area contributed by atoms with E-state index >= 15 is 0 Å². The fraction of sp³-hybridized carbons (Fsp3) is 0.400. The second-order valence-corrected chi connectivity index (χ2v) is 7.66. The van der Waals surface area contributed by atoms with Gasteiger partial charge >= 0.3 is 5.97 Å². The first kappa shape index (κ1) is 14.8. The summed E-state index contributed by atoms with van der Waals surface area (Å²) in [6.07, 6.45) is 0.683. The molecule has 0 radical (unpaired) electrons. The van der Waals surface area contributed by atoms with Crippen molar-refractivity contribution in [1.82, 2.24) is 0 Å². The highest BCUT2D eigenvalue weighted by Gasteiger charge is 2.62.